The van der Waals surface area contributed by atoms with Gasteiger partial charge in [-0.1, -0.05) is 13.8 Å². The van der Waals surface area contributed by atoms with Gasteiger partial charge in [-0.15, -0.1) is 0 Å². The van der Waals surface area contributed by atoms with E-state index in [4.69, 9.17) is 0 Å². The number of nitrogens with zero attached hydrogens (tertiary/aromatic N) is 2. The van der Waals surface area contributed by atoms with Gasteiger partial charge in [-0.05, 0) is 50.5 Å². The molecule has 3 fully saturated rings. The zero-order chi connectivity index (χ0) is 11.6. The first kappa shape index (κ1) is 10.2. The summed E-state index contributed by atoms with van der Waals surface area (Å²) < 4.78 is 0. The fourth-order valence-corrected chi connectivity index (χ4v) is 3.74. The molecule has 0 unspecified atom stereocenters. The molecule has 0 aliphatic heterocycles. The molecule has 0 spiro atoms. The van der Waals surface area contributed by atoms with E-state index in [0.29, 0.717) is 10.8 Å². The Balaban J connectivity index is 1.87. The second-order valence-electron chi connectivity index (χ2n) is 6.27. The van der Waals surface area contributed by atoms with Gasteiger partial charge in [0.05, 0.1) is 5.69 Å². The monoisotopic (exact) mass is 216 g/mol. The van der Waals surface area contributed by atoms with E-state index < -0.39 is 0 Å². The summed E-state index contributed by atoms with van der Waals surface area (Å²) in [7, 11) is 0. The van der Waals surface area contributed by atoms with E-state index in [2.05, 4.69) is 36.8 Å². The molecule has 0 radical (unpaired) electrons. The molecule has 3 aliphatic carbocycles. The van der Waals surface area contributed by atoms with Crippen LogP contribution >= 0.6 is 0 Å². The number of hydrogen-bond acceptors (Lipinski definition) is 2. The highest BCUT2D eigenvalue weighted by molar-refractivity contribution is 5.35. The van der Waals surface area contributed by atoms with Gasteiger partial charge < -0.3 is 0 Å². The maximum absolute atomic E-state index is 4.65. The van der Waals surface area contributed by atoms with Gasteiger partial charge in [0.2, 0.25) is 0 Å². The Kier molecular flexibility index (Phi) is 1.82. The fourth-order valence-electron chi connectivity index (χ4n) is 3.74. The molecule has 2 bridgehead atoms. The Labute approximate surface area is 97.5 Å². The molecule has 86 valence electrons. The van der Waals surface area contributed by atoms with Gasteiger partial charge in [-0.2, -0.15) is 0 Å². The van der Waals surface area contributed by atoms with Crippen LogP contribution < -0.4 is 0 Å². The Hall–Kier alpha value is -0.920. The van der Waals surface area contributed by atoms with Crippen molar-refractivity contribution in [3.8, 4) is 0 Å². The summed E-state index contributed by atoms with van der Waals surface area (Å²) in [6.07, 6.45) is 4.06. The molecule has 0 amide bonds. The Bertz CT molecular complexity index is 408. The highest BCUT2D eigenvalue weighted by Crippen LogP contribution is 2.76. The predicted octanol–water partition coefficient (Wildman–Crippen LogP) is 3.17. The molecule has 2 heteroatoms. The highest BCUT2D eigenvalue weighted by atomic mass is 14.9. The minimum absolute atomic E-state index is 0.433. The summed E-state index contributed by atoms with van der Waals surface area (Å²) in [6, 6.07) is 2.19. The van der Waals surface area contributed by atoms with Crippen molar-refractivity contribution in [2.24, 2.45) is 11.3 Å². The third-order valence-corrected chi connectivity index (χ3v) is 4.81. The van der Waals surface area contributed by atoms with Crippen LogP contribution in [-0.2, 0) is 5.41 Å². The van der Waals surface area contributed by atoms with Gasteiger partial charge in [0.15, 0.2) is 0 Å². The number of rotatable bonds is 2. The van der Waals surface area contributed by atoms with Crippen molar-refractivity contribution in [3.05, 3.63) is 23.3 Å². The van der Waals surface area contributed by atoms with Gasteiger partial charge in [-0.25, -0.2) is 9.97 Å². The summed E-state index contributed by atoms with van der Waals surface area (Å²) in [5, 5.41) is 0. The van der Waals surface area contributed by atoms with Crippen molar-refractivity contribution in [2.45, 2.75) is 52.4 Å². The second-order valence-corrected chi connectivity index (χ2v) is 6.27. The third kappa shape index (κ3) is 1.13. The lowest BCUT2D eigenvalue weighted by Gasteiger charge is -2.72. The molecule has 1 aromatic heterocycles. The van der Waals surface area contributed by atoms with Crippen LogP contribution in [0.2, 0.25) is 0 Å². The predicted molar refractivity (Wildman–Crippen MR) is 64.3 cm³/mol. The molecule has 0 atom stereocenters. The molecule has 3 aliphatic rings. The van der Waals surface area contributed by atoms with E-state index in [0.717, 1.165) is 17.4 Å². The average molecular weight is 216 g/mol. The average Bonchev–Trinajstić information content (AvgIpc) is 1.94. The molecule has 0 saturated heterocycles. The lowest BCUT2D eigenvalue weighted by Crippen LogP contribution is -2.66. The minimum Gasteiger partial charge on any atom is -0.239 e. The zero-order valence-corrected chi connectivity index (χ0v) is 10.7. The number of aromatic nitrogens is 2. The van der Waals surface area contributed by atoms with Crippen molar-refractivity contribution >= 4 is 0 Å². The lowest BCUT2D eigenvalue weighted by atomic mass is 9.31. The summed E-state index contributed by atoms with van der Waals surface area (Å²) >= 11 is 0. The van der Waals surface area contributed by atoms with Crippen molar-refractivity contribution in [2.75, 3.05) is 0 Å². The molecule has 1 heterocycles. The van der Waals surface area contributed by atoms with Gasteiger partial charge in [-0.3, -0.25) is 0 Å². The van der Waals surface area contributed by atoms with Gasteiger partial charge in [0.25, 0.3) is 0 Å². The molecule has 16 heavy (non-hydrogen) atoms. The lowest BCUT2D eigenvalue weighted by molar-refractivity contribution is -0.174. The molecular formula is C14H20N2. The van der Waals surface area contributed by atoms with Gasteiger partial charge in [0, 0.05) is 11.1 Å². The second kappa shape index (κ2) is 2.85. The van der Waals surface area contributed by atoms with Crippen LogP contribution in [-0.4, -0.2) is 9.97 Å². The van der Waals surface area contributed by atoms with Crippen LogP contribution in [0.5, 0.6) is 0 Å². The smallest absolute Gasteiger partial charge is 0.125 e. The molecular weight excluding hydrogens is 196 g/mol. The molecule has 2 nitrogen and oxygen atoms in total. The van der Waals surface area contributed by atoms with Crippen LogP contribution in [0.4, 0.5) is 0 Å². The van der Waals surface area contributed by atoms with Crippen LogP contribution in [0.3, 0.4) is 0 Å². The molecule has 0 N–H and O–H groups in total. The van der Waals surface area contributed by atoms with Crippen LogP contribution in [0.25, 0.3) is 0 Å². The van der Waals surface area contributed by atoms with Gasteiger partial charge in [0.1, 0.15) is 5.82 Å². The zero-order valence-electron chi connectivity index (χ0n) is 10.7. The van der Waals surface area contributed by atoms with Crippen LogP contribution in [0.1, 0.15) is 50.3 Å². The standard InChI is InChI=1S/C14H20N2/c1-9(2)13-6-14(7-13,8-13)12-5-10(3)15-11(4)16-12/h5,9H,6-8H2,1-4H3. The van der Waals surface area contributed by atoms with E-state index in [1.165, 1.54) is 25.0 Å². The van der Waals surface area contributed by atoms with E-state index in [1.807, 2.05) is 6.92 Å². The van der Waals surface area contributed by atoms with E-state index in [1.54, 1.807) is 0 Å². The quantitative estimate of drug-likeness (QED) is 0.759. The summed E-state index contributed by atoms with van der Waals surface area (Å²) in [4.78, 5) is 9.01. The van der Waals surface area contributed by atoms with Crippen molar-refractivity contribution in [3.63, 3.8) is 0 Å². The normalized spacial score (nSPS) is 35.8. The molecule has 1 aromatic rings. The van der Waals surface area contributed by atoms with Crippen LogP contribution in [0.15, 0.2) is 6.07 Å². The third-order valence-electron chi connectivity index (χ3n) is 4.81. The van der Waals surface area contributed by atoms with Crippen molar-refractivity contribution in [1.82, 2.24) is 9.97 Å². The molecule has 3 saturated carbocycles. The van der Waals surface area contributed by atoms with E-state index in [-0.39, 0.29) is 0 Å². The summed E-state index contributed by atoms with van der Waals surface area (Å²) in [5.74, 6) is 1.76. The Morgan fingerprint density at radius 2 is 1.75 bits per heavy atom. The SMILES string of the molecule is Cc1cc(C23CC(C(C)C)(C2)C3)nc(C)n1. The topological polar surface area (TPSA) is 25.8 Å². The first-order valence-corrected chi connectivity index (χ1v) is 6.29. The van der Waals surface area contributed by atoms with Crippen molar-refractivity contribution in [1.29, 1.82) is 0 Å². The Morgan fingerprint density at radius 3 is 2.25 bits per heavy atom. The number of aryl methyl sites for hydroxylation is 2. The molecule has 0 aromatic carbocycles. The van der Waals surface area contributed by atoms with E-state index in [9.17, 15) is 0 Å². The maximum Gasteiger partial charge on any atom is 0.125 e. The van der Waals surface area contributed by atoms with Crippen LogP contribution in [0, 0.1) is 25.2 Å². The minimum atomic E-state index is 0.433. The largest absolute Gasteiger partial charge is 0.239 e. The summed E-state index contributed by atoms with van der Waals surface area (Å²) in [6.45, 7) is 8.79. The van der Waals surface area contributed by atoms with Crippen molar-refractivity contribution < 1.29 is 0 Å². The first-order chi connectivity index (χ1) is 7.46. The summed E-state index contributed by atoms with van der Waals surface area (Å²) in [5.41, 5.74) is 3.51. The highest BCUT2D eigenvalue weighted by Gasteiger charge is 2.69. The van der Waals surface area contributed by atoms with Gasteiger partial charge >= 0.3 is 0 Å². The maximum atomic E-state index is 4.65. The fraction of sp³-hybridized carbons (Fsp3) is 0.714. The Morgan fingerprint density at radius 1 is 1.12 bits per heavy atom. The molecule has 4 rings (SSSR count). The van der Waals surface area contributed by atoms with E-state index >= 15 is 0 Å². The first-order valence-electron chi connectivity index (χ1n) is 6.29. The number of hydrogen-bond donors (Lipinski definition) is 0.